The third kappa shape index (κ3) is 2.21. The summed E-state index contributed by atoms with van der Waals surface area (Å²) in [4.78, 5) is 11.3. The van der Waals surface area contributed by atoms with Gasteiger partial charge in [0.2, 0.25) is 0 Å². The van der Waals surface area contributed by atoms with E-state index in [1.165, 1.54) is 7.11 Å². The van der Waals surface area contributed by atoms with E-state index in [2.05, 4.69) is 10.1 Å². The molecular weight excluding hydrogens is 234 g/mol. The first kappa shape index (κ1) is 11.8. The minimum atomic E-state index is -2.93. The van der Waals surface area contributed by atoms with E-state index in [1.54, 1.807) is 0 Å². The molecule has 0 bridgehead atoms. The summed E-state index contributed by atoms with van der Waals surface area (Å²) in [5.41, 5.74) is -0.649. The van der Waals surface area contributed by atoms with Gasteiger partial charge in [-0.2, -0.15) is 0 Å². The average molecular weight is 249 g/mol. The van der Waals surface area contributed by atoms with Crippen molar-refractivity contribution in [1.29, 1.82) is 0 Å². The first-order chi connectivity index (χ1) is 7.46. The quantitative estimate of drug-likeness (QED) is 0.604. The number of hydrogen-bond donors (Lipinski definition) is 1. The molecule has 0 amide bonds. The van der Waals surface area contributed by atoms with Gasteiger partial charge in [-0.15, -0.1) is 0 Å². The highest BCUT2D eigenvalue weighted by Gasteiger charge is 2.46. The second-order valence-corrected chi connectivity index (χ2v) is 6.48. The number of sulfone groups is 1. The van der Waals surface area contributed by atoms with Gasteiger partial charge in [-0.25, -0.2) is 8.42 Å². The van der Waals surface area contributed by atoms with Crippen molar-refractivity contribution < 1.29 is 22.7 Å². The zero-order valence-electron chi connectivity index (χ0n) is 9.06. The summed E-state index contributed by atoms with van der Waals surface area (Å²) in [6.07, 6.45) is 0.783. The topological polar surface area (TPSA) is 81.7 Å². The summed E-state index contributed by atoms with van der Waals surface area (Å²) in [7, 11) is -1.61. The number of carbonyl (C=O) groups is 1. The molecule has 16 heavy (non-hydrogen) atoms. The van der Waals surface area contributed by atoms with Crippen molar-refractivity contribution in [2.24, 2.45) is 0 Å². The van der Waals surface area contributed by atoms with Crippen molar-refractivity contribution in [3.63, 3.8) is 0 Å². The second kappa shape index (κ2) is 3.97. The molecule has 0 aromatic heterocycles. The molecule has 1 N–H and O–H groups in total. The van der Waals surface area contributed by atoms with E-state index in [-0.39, 0.29) is 24.1 Å². The molecule has 6 nitrogen and oxygen atoms in total. The van der Waals surface area contributed by atoms with Crippen LogP contribution in [0.5, 0.6) is 0 Å². The molecule has 0 aromatic rings. The van der Waals surface area contributed by atoms with Gasteiger partial charge in [-0.3, -0.25) is 10.1 Å². The highest BCUT2D eigenvalue weighted by Crippen LogP contribution is 2.29. The van der Waals surface area contributed by atoms with Crippen molar-refractivity contribution >= 4 is 15.8 Å². The fourth-order valence-electron chi connectivity index (χ4n) is 2.07. The van der Waals surface area contributed by atoms with Gasteiger partial charge in [0.1, 0.15) is 11.8 Å². The van der Waals surface area contributed by atoms with Crippen molar-refractivity contribution in [3.8, 4) is 0 Å². The van der Waals surface area contributed by atoms with Gasteiger partial charge in [0.15, 0.2) is 9.84 Å². The van der Waals surface area contributed by atoms with E-state index >= 15 is 0 Å². The smallest absolute Gasteiger partial charge is 0.325 e. The molecule has 0 saturated carbocycles. The van der Waals surface area contributed by atoms with E-state index in [1.807, 2.05) is 0 Å². The van der Waals surface area contributed by atoms with Crippen molar-refractivity contribution in [3.05, 3.63) is 0 Å². The molecule has 92 valence electrons. The number of hydrogen-bond acceptors (Lipinski definition) is 6. The van der Waals surface area contributed by atoms with Gasteiger partial charge >= 0.3 is 5.97 Å². The van der Waals surface area contributed by atoms with Gasteiger partial charge in [-0.1, -0.05) is 0 Å². The van der Waals surface area contributed by atoms with Crippen LogP contribution in [0.15, 0.2) is 0 Å². The lowest BCUT2D eigenvalue weighted by molar-refractivity contribution is -0.142. The van der Waals surface area contributed by atoms with Gasteiger partial charge in [0.05, 0.1) is 25.2 Å². The summed E-state index contributed by atoms with van der Waals surface area (Å²) in [5, 5.41) is 3.03. The standard InChI is InChI=1S/C9H15NO5S/c1-14-8(11)7-6-15-9(10-7)2-4-16(12,13)5-3-9/h7,10H,2-6H2,1H3. The van der Waals surface area contributed by atoms with E-state index < -0.39 is 21.6 Å². The van der Waals surface area contributed by atoms with Crippen molar-refractivity contribution in [1.82, 2.24) is 5.32 Å². The number of ether oxygens (including phenoxy) is 2. The van der Waals surface area contributed by atoms with Gasteiger partial charge in [0.25, 0.3) is 0 Å². The molecule has 7 heteroatoms. The van der Waals surface area contributed by atoms with E-state index in [0.29, 0.717) is 12.8 Å². The Morgan fingerprint density at radius 2 is 2.06 bits per heavy atom. The molecule has 1 unspecified atom stereocenters. The predicted octanol–water partition coefficient (Wildman–Crippen LogP) is -0.947. The highest BCUT2D eigenvalue weighted by atomic mass is 32.2. The van der Waals surface area contributed by atoms with Crippen molar-refractivity contribution in [2.75, 3.05) is 25.2 Å². The van der Waals surface area contributed by atoms with E-state index in [9.17, 15) is 13.2 Å². The fraction of sp³-hybridized carbons (Fsp3) is 0.889. The lowest BCUT2D eigenvalue weighted by Gasteiger charge is -2.32. The van der Waals surface area contributed by atoms with Crippen LogP contribution < -0.4 is 5.32 Å². The maximum Gasteiger partial charge on any atom is 0.325 e. The summed E-state index contributed by atoms with van der Waals surface area (Å²) in [6.45, 7) is 0.243. The molecule has 1 atom stereocenters. The summed E-state index contributed by atoms with van der Waals surface area (Å²) in [5.74, 6) is -0.160. The minimum Gasteiger partial charge on any atom is -0.468 e. The third-order valence-corrected chi connectivity index (χ3v) is 4.74. The number of methoxy groups -OCH3 is 1. The van der Waals surface area contributed by atoms with Gasteiger partial charge < -0.3 is 9.47 Å². The molecule has 0 aliphatic carbocycles. The first-order valence-electron chi connectivity index (χ1n) is 5.16. The minimum absolute atomic E-state index is 0.105. The Labute approximate surface area is 94.2 Å². The van der Waals surface area contributed by atoms with Crippen LogP contribution in [0.4, 0.5) is 0 Å². The predicted molar refractivity (Wildman–Crippen MR) is 55.5 cm³/mol. The lowest BCUT2D eigenvalue weighted by atomic mass is 10.1. The van der Waals surface area contributed by atoms with Crippen LogP contribution in [0.3, 0.4) is 0 Å². The van der Waals surface area contributed by atoms with Crippen LogP contribution in [0.25, 0.3) is 0 Å². The molecule has 2 aliphatic heterocycles. The van der Waals surface area contributed by atoms with E-state index in [0.717, 1.165) is 0 Å². The highest BCUT2D eigenvalue weighted by molar-refractivity contribution is 7.91. The Kier molecular flexibility index (Phi) is 2.93. The monoisotopic (exact) mass is 249 g/mol. The third-order valence-electron chi connectivity index (χ3n) is 3.08. The van der Waals surface area contributed by atoms with Crippen molar-refractivity contribution in [2.45, 2.75) is 24.6 Å². The van der Waals surface area contributed by atoms with Crippen LogP contribution in [0.2, 0.25) is 0 Å². The largest absolute Gasteiger partial charge is 0.468 e. The van der Waals surface area contributed by atoms with E-state index in [4.69, 9.17) is 4.74 Å². The Bertz CT molecular complexity index is 377. The normalized spacial score (nSPS) is 31.4. The number of nitrogens with one attached hydrogen (secondary N) is 1. The Morgan fingerprint density at radius 3 is 2.62 bits per heavy atom. The SMILES string of the molecule is COC(=O)C1COC2(CCS(=O)(=O)CC2)N1. The number of rotatable bonds is 1. The molecular formula is C9H15NO5S. The first-order valence-corrected chi connectivity index (χ1v) is 6.98. The molecule has 2 fully saturated rings. The molecule has 2 aliphatic rings. The van der Waals surface area contributed by atoms with Crippen LogP contribution in [0.1, 0.15) is 12.8 Å². The number of esters is 1. The average Bonchev–Trinajstić information content (AvgIpc) is 2.67. The molecule has 0 aromatic carbocycles. The molecule has 1 spiro atoms. The zero-order valence-corrected chi connectivity index (χ0v) is 9.88. The maximum absolute atomic E-state index is 11.3. The molecule has 2 heterocycles. The number of carbonyl (C=O) groups excluding carboxylic acids is 1. The van der Waals surface area contributed by atoms with Crippen LogP contribution in [-0.2, 0) is 24.1 Å². The molecule has 2 rings (SSSR count). The molecule has 2 saturated heterocycles. The Hall–Kier alpha value is -0.660. The maximum atomic E-state index is 11.3. The van der Waals surface area contributed by atoms with Crippen LogP contribution in [-0.4, -0.2) is 51.4 Å². The van der Waals surface area contributed by atoms with Gasteiger partial charge in [-0.05, 0) is 0 Å². The molecule has 0 radical (unpaired) electrons. The second-order valence-electron chi connectivity index (χ2n) is 4.18. The zero-order chi connectivity index (χ0) is 11.8. The lowest BCUT2D eigenvalue weighted by Crippen LogP contribution is -2.51. The Morgan fingerprint density at radius 1 is 1.44 bits per heavy atom. The fourth-order valence-corrected chi connectivity index (χ4v) is 3.56. The summed E-state index contributed by atoms with van der Waals surface area (Å²) < 4.78 is 32.7. The van der Waals surface area contributed by atoms with Crippen LogP contribution in [0, 0.1) is 0 Å². The summed E-state index contributed by atoms with van der Waals surface area (Å²) in [6, 6.07) is -0.481. The van der Waals surface area contributed by atoms with Crippen LogP contribution >= 0.6 is 0 Å². The van der Waals surface area contributed by atoms with Gasteiger partial charge in [0, 0.05) is 12.8 Å². The Balaban J connectivity index is 2.00. The summed E-state index contributed by atoms with van der Waals surface area (Å²) >= 11 is 0.